The molecule has 4 unspecified atom stereocenters. The number of carboxylic acid groups (broad SMARTS) is 1. The number of benzene rings is 2. The third kappa shape index (κ3) is 3.40. The van der Waals surface area contributed by atoms with E-state index in [1.165, 1.54) is 5.56 Å². The van der Waals surface area contributed by atoms with Crippen molar-refractivity contribution in [3.05, 3.63) is 65.2 Å². The molecule has 0 saturated carbocycles. The fourth-order valence-corrected chi connectivity index (χ4v) is 4.72. The molecule has 1 spiro atoms. The second-order valence-corrected chi connectivity index (χ2v) is 8.06. The van der Waals surface area contributed by atoms with Crippen LogP contribution >= 0.6 is 0 Å². The van der Waals surface area contributed by atoms with Gasteiger partial charge in [-0.2, -0.15) is 0 Å². The maximum Gasteiger partial charge on any atom is 0.310 e. The second kappa shape index (κ2) is 7.57. The Bertz CT molecular complexity index is 853. The van der Waals surface area contributed by atoms with Crippen molar-refractivity contribution in [3.63, 3.8) is 0 Å². The Morgan fingerprint density at radius 3 is 2.79 bits per heavy atom. The number of piperidine rings is 1. The van der Waals surface area contributed by atoms with Crippen molar-refractivity contribution in [2.75, 3.05) is 13.2 Å². The molecular formula is C23H27NO4. The van der Waals surface area contributed by atoms with Crippen molar-refractivity contribution < 1.29 is 19.7 Å². The summed E-state index contributed by atoms with van der Waals surface area (Å²) in [5.41, 5.74) is 2.42. The Labute approximate surface area is 165 Å². The molecule has 0 bridgehead atoms. The van der Waals surface area contributed by atoms with Gasteiger partial charge in [0.2, 0.25) is 0 Å². The zero-order chi connectivity index (χ0) is 19.7. The standard InChI is InChI=1S/C23H27NO4/c1-15(22(26)27)17-8-9-20(25)19(12-17)18-13-23(28-14-18)10-5-11-24-21(23)16-6-3-2-4-7-16/h2-4,6-9,12,15,18,21,24-25H,5,10-11,13-14H2,1H3,(H,26,27). The van der Waals surface area contributed by atoms with E-state index in [-0.39, 0.29) is 23.3 Å². The maximum absolute atomic E-state index is 11.4. The number of hydrogen-bond donors (Lipinski definition) is 3. The summed E-state index contributed by atoms with van der Waals surface area (Å²) in [6, 6.07) is 15.7. The molecule has 2 saturated heterocycles. The van der Waals surface area contributed by atoms with Crippen molar-refractivity contribution >= 4 is 5.97 Å². The van der Waals surface area contributed by atoms with Crippen molar-refractivity contribution in [1.82, 2.24) is 5.32 Å². The van der Waals surface area contributed by atoms with E-state index in [1.807, 2.05) is 24.3 Å². The molecule has 2 aromatic rings. The van der Waals surface area contributed by atoms with Gasteiger partial charge in [0.1, 0.15) is 5.75 Å². The minimum Gasteiger partial charge on any atom is -0.508 e. The highest BCUT2D eigenvalue weighted by Crippen LogP contribution is 2.49. The summed E-state index contributed by atoms with van der Waals surface area (Å²) in [4.78, 5) is 11.4. The first-order valence-electron chi connectivity index (χ1n) is 9.98. The average molecular weight is 381 g/mol. The Morgan fingerprint density at radius 2 is 2.04 bits per heavy atom. The first-order chi connectivity index (χ1) is 13.5. The number of ether oxygens (including phenoxy) is 1. The number of nitrogens with one attached hydrogen (secondary N) is 1. The van der Waals surface area contributed by atoms with Crippen molar-refractivity contribution in [2.45, 2.75) is 49.7 Å². The first-order valence-corrected chi connectivity index (χ1v) is 9.98. The highest BCUT2D eigenvalue weighted by atomic mass is 16.5. The lowest BCUT2D eigenvalue weighted by Gasteiger charge is -2.41. The molecule has 3 N–H and O–H groups in total. The zero-order valence-electron chi connectivity index (χ0n) is 16.1. The van der Waals surface area contributed by atoms with Crippen molar-refractivity contribution in [2.24, 2.45) is 0 Å². The first kappa shape index (κ1) is 19.0. The van der Waals surface area contributed by atoms with Gasteiger partial charge in [-0.25, -0.2) is 0 Å². The Balaban J connectivity index is 1.63. The monoisotopic (exact) mass is 381 g/mol. The van der Waals surface area contributed by atoms with Gasteiger partial charge >= 0.3 is 5.97 Å². The summed E-state index contributed by atoms with van der Waals surface area (Å²) in [5, 5.41) is 23.4. The van der Waals surface area contributed by atoms with Crippen LogP contribution in [0.3, 0.4) is 0 Å². The highest BCUT2D eigenvalue weighted by Gasteiger charge is 2.49. The van der Waals surface area contributed by atoms with Gasteiger partial charge in [-0.3, -0.25) is 4.79 Å². The van der Waals surface area contributed by atoms with Crippen LogP contribution in [0.4, 0.5) is 0 Å². The molecule has 0 aromatic heterocycles. The summed E-state index contributed by atoms with van der Waals surface area (Å²) in [6.07, 6.45) is 2.83. The molecule has 4 rings (SSSR count). The maximum atomic E-state index is 11.4. The largest absolute Gasteiger partial charge is 0.508 e. The Morgan fingerprint density at radius 1 is 1.25 bits per heavy atom. The Hall–Kier alpha value is -2.37. The minimum absolute atomic E-state index is 0.0482. The van der Waals surface area contributed by atoms with Gasteiger partial charge in [0.05, 0.1) is 24.2 Å². The summed E-state index contributed by atoms with van der Waals surface area (Å²) in [6.45, 7) is 3.16. The van der Waals surface area contributed by atoms with Crippen molar-refractivity contribution in [3.8, 4) is 5.75 Å². The molecule has 2 aromatic carbocycles. The molecule has 28 heavy (non-hydrogen) atoms. The molecular weight excluding hydrogens is 354 g/mol. The Kier molecular flexibility index (Phi) is 5.13. The van der Waals surface area contributed by atoms with Crippen LogP contribution in [0.25, 0.3) is 0 Å². The van der Waals surface area contributed by atoms with E-state index < -0.39 is 11.9 Å². The van der Waals surface area contributed by atoms with Crippen LogP contribution in [0.5, 0.6) is 5.75 Å². The van der Waals surface area contributed by atoms with Gasteiger partial charge in [0.25, 0.3) is 0 Å². The molecule has 4 atom stereocenters. The van der Waals surface area contributed by atoms with Crippen LogP contribution in [0, 0.1) is 0 Å². The summed E-state index contributed by atoms with van der Waals surface area (Å²) >= 11 is 0. The lowest BCUT2D eigenvalue weighted by atomic mass is 9.76. The number of aromatic hydroxyl groups is 1. The number of carbonyl (C=O) groups is 1. The number of hydrogen-bond acceptors (Lipinski definition) is 4. The molecule has 148 valence electrons. The molecule has 5 nitrogen and oxygen atoms in total. The normalized spacial score (nSPS) is 28.3. The van der Waals surface area contributed by atoms with Gasteiger partial charge in [0, 0.05) is 5.92 Å². The van der Waals surface area contributed by atoms with E-state index >= 15 is 0 Å². The zero-order valence-corrected chi connectivity index (χ0v) is 16.1. The molecule has 2 heterocycles. The average Bonchev–Trinajstić information content (AvgIpc) is 3.12. The number of carboxylic acids is 1. The van der Waals surface area contributed by atoms with Crippen LogP contribution in [-0.2, 0) is 9.53 Å². The van der Waals surface area contributed by atoms with Crippen LogP contribution in [-0.4, -0.2) is 34.9 Å². The van der Waals surface area contributed by atoms with Gasteiger partial charge in [-0.1, -0.05) is 42.5 Å². The molecule has 0 radical (unpaired) electrons. The fourth-order valence-electron chi connectivity index (χ4n) is 4.72. The van der Waals surface area contributed by atoms with Crippen LogP contribution in [0.15, 0.2) is 48.5 Å². The van der Waals surface area contributed by atoms with E-state index in [1.54, 1.807) is 19.1 Å². The highest BCUT2D eigenvalue weighted by molar-refractivity contribution is 5.75. The second-order valence-electron chi connectivity index (χ2n) is 8.06. The molecule has 0 amide bonds. The van der Waals surface area contributed by atoms with Gasteiger partial charge in [-0.15, -0.1) is 0 Å². The van der Waals surface area contributed by atoms with Crippen LogP contribution in [0.2, 0.25) is 0 Å². The predicted molar refractivity (Wildman–Crippen MR) is 107 cm³/mol. The van der Waals surface area contributed by atoms with Gasteiger partial charge in [-0.05, 0) is 55.5 Å². The van der Waals surface area contributed by atoms with Gasteiger partial charge < -0.3 is 20.3 Å². The molecule has 2 aliphatic rings. The fraction of sp³-hybridized carbons (Fsp3) is 0.435. The molecule has 2 fully saturated rings. The summed E-state index contributed by atoms with van der Waals surface area (Å²) in [5.74, 6) is -1.21. The van der Waals surface area contributed by atoms with E-state index in [0.717, 1.165) is 31.4 Å². The molecule has 5 heteroatoms. The predicted octanol–water partition coefficient (Wildman–Crippen LogP) is 3.95. The number of aliphatic carboxylic acids is 1. The third-order valence-electron chi connectivity index (χ3n) is 6.31. The number of phenols is 1. The SMILES string of the molecule is CC(C(=O)O)c1ccc(O)c(C2COC3(CCCNC3c3ccccc3)C2)c1. The van der Waals surface area contributed by atoms with Crippen LogP contribution in [0.1, 0.15) is 60.8 Å². The van der Waals surface area contributed by atoms with Gasteiger partial charge in [0.15, 0.2) is 0 Å². The smallest absolute Gasteiger partial charge is 0.310 e. The third-order valence-corrected chi connectivity index (χ3v) is 6.31. The summed E-state index contributed by atoms with van der Waals surface area (Å²) < 4.78 is 6.43. The number of phenolic OH excluding ortho intramolecular Hbond substituents is 1. The van der Waals surface area contributed by atoms with Crippen molar-refractivity contribution in [1.29, 1.82) is 0 Å². The van der Waals surface area contributed by atoms with E-state index in [2.05, 4.69) is 17.4 Å². The lowest BCUT2D eigenvalue weighted by molar-refractivity contribution is -0.138. The quantitative estimate of drug-likeness (QED) is 0.747. The van der Waals surface area contributed by atoms with E-state index in [4.69, 9.17) is 4.74 Å². The minimum atomic E-state index is -0.864. The molecule has 0 aliphatic carbocycles. The topological polar surface area (TPSA) is 78.8 Å². The number of rotatable bonds is 4. The molecule has 2 aliphatic heterocycles. The van der Waals surface area contributed by atoms with E-state index in [0.29, 0.717) is 12.2 Å². The van der Waals surface area contributed by atoms with Crippen LogP contribution < -0.4 is 5.32 Å². The van der Waals surface area contributed by atoms with E-state index in [9.17, 15) is 15.0 Å². The lowest BCUT2D eigenvalue weighted by Crippen LogP contribution is -2.48. The summed E-state index contributed by atoms with van der Waals surface area (Å²) in [7, 11) is 0.